The van der Waals surface area contributed by atoms with Crippen molar-refractivity contribution in [3.05, 3.63) is 23.8 Å². The topological polar surface area (TPSA) is 42.2 Å². The first-order valence-corrected chi connectivity index (χ1v) is 5.35. The molecule has 0 N–H and O–H groups in total. The minimum absolute atomic E-state index is 0.0245. The number of nitriles is 1. The van der Waals surface area contributed by atoms with Crippen LogP contribution in [0.1, 0.15) is 5.56 Å². The standard InChI is InChI=1S/C10H8BrNO2/c11-4-8-6-13-9-2-1-7(5-12)3-10(9)14-8/h1-3,8H,4,6H2/t8-/m1/s1. The van der Waals surface area contributed by atoms with Gasteiger partial charge < -0.3 is 9.47 Å². The van der Waals surface area contributed by atoms with E-state index in [1.807, 2.05) is 0 Å². The Morgan fingerprint density at radius 3 is 3.07 bits per heavy atom. The number of benzene rings is 1. The molecule has 0 aromatic heterocycles. The lowest BCUT2D eigenvalue weighted by Crippen LogP contribution is -2.30. The Morgan fingerprint density at radius 2 is 2.36 bits per heavy atom. The van der Waals surface area contributed by atoms with Crippen LogP contribution in [0.2, 0.25) is 0 Å². The number of alkyl halides is 1. The van der Waals surface area contributed by atoms with Gasteiger partial charge in [-0.15, -0.1) is 0 Å². The Bertz CT molecular complexity index is 386. The van der Waals surface area contributed by atoms with Crippen LogP contribution in [0, 0.1) is 11.3 Å². The van der Waals surface area contributed by atoms with Gasteiger partial charge in [0.2, 0.25) is 0 Å². The highest BCUT2D eigenvalue weighted by molar-refractivity contribution is 9.09. The Hall–Kier alpha value is -1.21. The number of rotatable bonds is 1. The predicted molar refractivity (Wildman–Crippen MR) is 54.9 cm³/mol. The van der Waals surface area contributed by atoms with E-state index in [0.717, 1.165) is 5.33 Å². The van der Waals surface area contributed by atoms with Crippen LogP contribution in [0.3, 0.4) is 0 Å². The molecule has 4 heteroatoms. The molecule has 14 heavy (non-hydrogen) atoms. The molecule has 1 atom stereocenters. The van der Waals surface area contributed by atoms with Crippen molar-refractivity contribution in [3.63, 3.8) is 0 Å². The van der Waals surface area contributed by atoms with Gasteiger partial charge in [0.25, 0.3) is 0 Å². The molecule has 0 amide bonds. The quantitative estimate of drug-likeness (QED) is 0.720. The van der Waals surface area contributed by atoms with E-state index >= 15 is 0 Å². The molecule has 0 saturated heterocycles. The molecular formula is C10H8BrNO2. The monoisotopic (exact) mass is 253 g/mol. The first-order chi connectivity index (χ1) is 6.83. The Labute approximate surface area is 90.4 Å². The summed E-state index contributed by atoms with van der Waals surface area (Å²) < 4.78 is 11.1. The Morgan fingerprint density at radius 1 is 1.50 bits per heavy atom. The van der Waals surface area contributed by atoms with E-state index in [1.165, 1.54) is 0 Å². The van der Waals surface area contributed by atoms with E-state index in [-0.39, 0.29) is 6.10 Å². The van der Waals surface area contributed by atoms with Crippen LogP contribution in [0.5, 0.6) is 11.5 Å². The highest BCUT2D eigenvalue weighted by atomic mass is 79.9. The summed E-state index contributed by atoms with van der Waals surface area (Å²) in [6.45, 7) is 0.546. The van der Waals surface area contributed by atoms with Crippen molar-refractivity contribution in [3.8, 4) is 17.6 Å². The second-order valence-corrected chi connectivity index (χ2v) is 3.63. The third-order valence-electron chi connectivity index (χ3n) is 1.96. The van der Waals surface area contributed by atoms with E-state index in [0.29, 0.717) is 23.7 Å². The summed E-state index contributed by atoms with van der Waals surface area (Å²) in [6, 6.07) is 7.24. The number of ether oxygens (including phenoxy) is 2. The molecule has 1 aliphatic rings. The number of hydrogen-bond acceptors (Lipinski definition) is 3. The summed E-state index contributed by atoms with van der Waals surface area (Å²) in [5.74, 6) is 1.36. The lowest BCUT2D eigenvalue weighted by atomic mass is 10.2. The maximum absolute atomic E-state index is 8.71. The van der Waals surface area contributed by atoms with E-state index in [1.54, 1.807) is 18.2 Å². The van der Waals surface area contributed by atoms with Crippen LogP contribution in [-0.4, -0.2) is 18.0 Å². The van der Waals surface area contributed by atoms with Crippen LogP contribution >= 0.6 is 15.9 Å². The van der Waals surface area contributed by atoms with E-state index in [4.69, 9.17) is 14.7 Å². The lowest BCUT2D eigenvalue weighted by molar-refractivity contribution is 0.108. The largest absolute Gasteiger partial charge is 0.486 e. The van der Waals surface area contributed by atoms with Crippen LogP contribution < -0.4 is 9.47 Å². The van der Waals surface area contributed by atoms with Gasteiger partial charge in [0, 0.05) is 11.4 Å². The number of halogens is 1. The van der Waals surface area contributed by atoms with Crippen molar-refractivity contribution in [2.45, 2.75) is 6.10 Å². The van der Waals surface area contributed by atoms with Gasteiger partial charge in [-0.1, -0.05) is 15.9 Å². The molecule has 1 heterocycles. The Kier molecular flexibility index (Phi) is 2.60. The molecule has 1 aliphatic heterocycles. The fourth-order valence-corrected chi connectivity index (χ4v) is 1.58. The normalized spacial score (nSPS) is 18.7. The van der Waals surface area contributed by atoms with Crippen LogP contribution in [-0.2, 0) is 0 Å². The van der Waals surface area contributed by atoms with Gasteiger partial charge in [0.05, 0.1) is 11.6 Å². The summed E-state index contributed by atoms with van der Waals surface area (Å²) in [5.41, 5.74) is 0.586. The molecule has 0 saturated carbocycles. The van der Waals surface area contributed by atoms with Crippen molar-refractivity contribution < 1.29 is 9.47 Å². The molecule has 3 nitrogen and oxygen atoms in total. The fourth-order valence-electron chi connectivity index (χ4n) is 1.26. The summed E-state index contributed by atoms with van der Waals surface area (Å²) >= 11 is 3.33. The smallest absolute Gasteiger partial charge is 0.163 e. The average molecular weight is 254 g/mol. The number of fused-ring (bicyclic) bond motifs is 1. The van der Waals surface area contributed by atoms with Crippen LogP contribution in [0.4, 0.5) is 0 Å². The zero-order valence-electron chi connectivity index (χ0n) is 7.37. The zero-order valence-corrected chi connectivity index (χ0v) is 8.95. The fraction of sp³-hybridized carbons (Fsp3) is 0.300. The van der Waals surface area contributed by atoms with Gasteiger partial charge in [0.15, 0.2) is 11.5 Å². The maximum Gasteiger partial charge on any atom is 0.163 e. The second-order valence-electron chi connectivity index (χ2n) is 2.98. The molecule has 0 fully saturated rings. The van der Waals surface area contributed by atoms with Gasteiger partial charge >= 0.3 is 0 Å². The van der Waals surface area contributed by atoms with Gasteiger partial charge in [-0.2, -0.15) is 5.26 Å². The highest BCUT2D eigenvalue weighted by Crippen LogP contribution is 2.32. The second kappa shape index (κ2) is 3.89. The van der Waals surface area contributed by atoms with Crippen molar-refractivity contribution in [2.24, 2.45) is 0 Å². The molecule has 72 valence electrons. The summed E-state index contributed by atoms with van der Waals surface area (Å²) in [5, 5.41) is 9.43. The van der Waals surface area contributed by atoms with Crippen LogP contribution in [0.25, 0.3) is 0 Å². The van der Waals surface area contributed by atoms with Gasteiger partial charge in [-0.3, -0.25) is 0 Å². The highest BCUT2D eigenvalue weighted by Gasteiger charge is 2.19. The first-order valence-electron chi connectivity index (χ1n) is 4.23. The van der Waals surface area contributed by atoms with Crippen LogP contribution in [0.15, 0.2) is 18.2 Å². The molecule has 0 bridgehead atoms. The van der Waals surface area contributed by atoms with E-state index in [9.17, 15) is 0 Å². The number of hydrogen-bond donors (Lipinski definition) is 0. The molecule has 0 unspecified atom stereocenters. The molecule has 2 rings (SSSR count). The van der Waals surface area contributed by atoms with Crippen molar-refractivity contribution >= 4 is 15.9 Å². The third kappa shape index (κ3) is 1.68. The zero-order chi connectivity index (χ0) is 9.97. The predicted octanol–water partition coefficient (Wildman–Crippen LogP) is 2.09. The molecule has 0 spiro atoms. The molecular weight excluding hydrogens is 246 g/mol. The van der Waals surface area contributed by atoms with Crippen molar-refractivity contribution in [2.75, 3.05) is 11.9 Å². The lowest BCUT2D eigenvalue weighted by Gasteiger charge is -2.25. The van der Waals surface area contributed by atoms with Crippen molar-refractivity contribution in [1.82, 2.24) is 0 Å². The third-order valence-corrected chi connectivity index (χ3v) is 2.69. The molecule has 0 aliphatic carbocycles. The van der Waals surface area contributed by atoms with Gasteiger partial charge in [0.1, 0.15) is 12.7 Å². The minimum Gasteiger partial charge on any atom is -0.486 e. The summed E-state index contributed by atoms with van der Waals surface area (Å²) in [4.78, 5) is 0. The Balaban J connectivity index is 2.31. The first kappa shape index (κ1) is 9.35. The minimum atomic E-state index is 0.0245. The van der Waals surface area contributed by atoms with Gasteiger partial charge in [-0.05, 0) is 12.1 Å². The van der Waals surface area contributed by atoms with E-state index in [2.05, 4.69) is 22.0 Å². The SMILES string of the molecule is N#Cc1ccc2c(c1)O[C@H](CBr)CO2. The summed E-state index contributed by atoms with van der Waals surface area (Å²) in [7, 11) is 0. The molecule has 1 aromatic carbocycles. The van der Waals surface area contributed by atoms with Gasteiger partial charge in [-0.25, -0.2) is 0 Å². The molecule has 0 radical (unpaired) electrons. The molecule has 1 aromatic rings. The van der Waals surface area contributed by atoms with E-state index < -0.39 is 0 Å². The maximum atomic E-state index is 8.71. The average Bonchev–Trinajstić information content (AvgIpc) is 2.27. The van der Waals surface area contributed by atoms with Crippen molar-refractivity contribution in [1.29, 1.82) is 5.26 Å². The summed E-state index contributed by atoms with van der Waals surface area (Å²) in [6.07, 6.45) is 0.0245. The number of nitrogens with zero attached hydrogens (tertiary/aromatic N) is 1.